The fraction of sp³-hybridized carbons (Fsp3) is 0.926. The molecule has 0 unspecified atom stereocenters. The number of allylic oxidation sites excluding steroid dienone is 1. The lowest BCUT2D eigenvalue weighted by atomic mass is 9.46. The van der Waals surface area contributed by atoms with Crippen LogP contribution in [0.25, 0.3) is 0 Å². The van der Waals surface area contributed by atoms with Crippen molar-refractivity contribution in [2.75, 3.05) is 0 Å². The average Bonchev–Trinajstić information content (AvgIpc) is 2.99. The number of hydrogen-bond acceptors (Lipinski definition) is 1. The van der Waals surface area contributed by atoms with E-state index in [4.69, 9.17) is 12.6 Å². The van der Waals surface area contributed by atoms with E-state index in [0.717, 1.165) is 35.5 Å². The van der Waals surface area contributed by atoms with Gasteiger partial charge in [-0.1, -0.05) is 65.5 Å². The molecule has 4 aliphatic carbocycles. The maximum absolute atomic E-state index is 4.81. The van der Waals surface area contributed by atoms with Gasteiger partial charge in [-0.3, -0.25) is 0 Å². The molecule has 3 saturated carbocycles. The van der Waals surface area contributed by atoms with Crippen LogP contribution < -0.4 is 0 Å². The van der Waals surface area contributed by atoms with Crippen LogP contribution in [0.5, 0.6) is 0 Å². The van der Waals surface area contributed by atoms with Gasteiger partial charge in [0.1, 0.15) is 0 Å². The van der Waals surface area contributed by atoms with Gasteiger partial charge in [0.2, 0.25) is 0 Å². The number of rotatable bonds is 5. The second-order valence-electron chi connectivity index (χ2n) is 12.2. The highest BCUT2D eigenvalue weighted by Gasteiger charge is 2.59. The van der Waals surface area contributed by atoms with E-state index in [0.29, 0.717) is 16.1 Å². The normalized spacial score (nSPS) is 46.5. The van der Waals surface area contributed by atoms with Gasteiger partial charge >= 0.3 is 0 Å². The molecule has 0 N–H and O–H groups in total. The lowest BCUT2D eigenvalue weighted by Crippen LogP contribution is -2.51. The zero-order valence-electron chi connectivity index (χ0n) is 19.3. The molecule has 0 spiro atoms. The molecule has 0 amide bonds. The van der Waals surface area contributed by atoms with Gasteiger partial charge in [-0.05, 0) is 97.7 Å². The van der Waals surface area contributed by atoms with E-state index in [2.05, 4.69) is 40.7 Å². The van der Waals surface area contributed by atoms with Gasteiger partial charge in [0.15, 0.2) is 0 Å². The van der Waals surface area contributed by atoms with Crippen LogP contribution >= 0.6 is 12.6 Å². The standard InChI is InChI=1S/C27H46S/c1-18(2)7-6-8-19(3)23-11-12-24-22-10-9-20-17-21(28)13-15-26(20,4)25(22)14-16-27(23,24)5/h17-19,21-25,28H,6-16H2,1-5H3/t19-,21+,22+,23-,24+,25+,26+,27-/m1/s1. The summed E-state index contributed by atoms with van der Waals surface area (Å²) in [5.41, 5.74) is 2.93. The van der Waals surface area contributed by atoms with Crippen molar-refractivity contribution in [1.29, 1.82) is 0 Å². The van der Waals surface area contributed by atoms with Gasteiger partial charge in [-0.15, -0.1) is 0 Å². The minimum Gasteiger partial charge on any atom is -0.172 e. The highest BCUT2D eigenvalue weighted by atomic mass is 32.1. The molecule has 28 heavy (non-hydrogen) atoms. The van der Waals surface area contributed by atoms with Crippen LogP contribution in [0.3, 0.4) is 0 Å². The van der Waals surface area contributed by atoms with Crippen molar-refractivity contribution >= 4 is 12.6 Å². The average molecular weight is 403 g/mol. The van der Waals surface area contributed by atoms with E-state index >= 15 is 0 Å². The summed E-state index contributed by atoms with van der Waals surface area (Å²) in [6, 6.07) is 0. The predicted molar refractivity (Wildman–Crippen MR) is 126 cm³/mol. The molecule has 0 aromatic heterocycles. The van der Waals surface area contributed by atoms with E-state index in [9.17, 15) is 0 Å². The van der Waals surface area contributed by atoms with Gasteiger partial charge in [0.05, 0.1) is 0 Å². The Morgan fingerprint density at radius 2 is 1.75 bits per heavy atom. The van der Waals surface area contributed by atoms with Gasteiger partial charge in [0, 0.05) is 5.25 Å². The van der Waals surface area contributed by atoms with Crippen LogP contribution in [0.1, 0.15) is 105 Å². The van der Waals surface area contributed by atoms with Crippen molar-refractivity contribution in [2.24, 2.45) is 46.3 Å². The van der Waals surface area contributed by atoms with Crippen molar-refractivity contribution in [3.63, 3.8) is 0 Å². The van der Waals surface area contributed by atoms with E-state index in [1.165, 1.54) is 70.6 Å². The molecule has 0 heterocycles. The quantitative estimate of drug-likeness (QED) is 0.347. The lowest BCUT2D eigenvalue weighted by molar-refractivity contribution is -0.0590. The molecule has 1 heteroatoms. The summed E-state index contributed by atoms with van der Waals surface area (Å²) in [4.78, 5) is 0. The van der Waals surface area contributed by atoms with Gasteiger partial charge in [0.25, 0.3) is 0 Å². The molecule has 0 saturated heterocycles. The SMILES string of the molecule is CC(C)CCC[C@@H](C)[C@H]1CC[C@H]2[C@@H]3CCC4=C[C@@H](S)CC[C@]4(C)[C@H]3CC[C@]12C. The molecule has 4 rings (SSSR count). The van der Waals surface area contributed by atoms with E-state index in [1.54, 1.807) is 5.57 Å². The molecular weight excluding hydrogens is 356 g/mol. The zero-order valence-corrected chi connectivity index (χ0v) is 20.2. The second kappa shape index (κ2) is 7.97. The van der Waals surface area contributed by atoms with Crippen molar-refractivity contribution in [1.82, 2.24) is 0 Å². The summed E-state index contributed by atoms with van der Waals surface area (Å²) in [6.07, 6.45) is 18.5. The smallest absolute Gasteiger partial charge is 0.0199 e. The summed E-state index contributed by atoms with van der Waals surface area (Å²) in [5.74, 6) is 5.76. The van der Waals surface area contributed by atoms with E-state index < -0.39 is 0 Å². The maximum Gasteiger partial charge on any atom is 0.0199 e. The third-order valence-corrected chi connectivity index (χ3v) is 10.7. The van der Waals surface area contributed by atoms with Crippen molar-refractivity contribution in [2.45, 2.75) is 110 Å². The highest BCUT2D eigenvalue weighted by molar-refractivity contribution is 7.81. The first-order valence-electron chi connectivity index (χ1n) is 12.6. The predicted octanol–water partition coefficient (Wildman–Crippen LogP) is 8.33. The van der Waals surface area contributed by atoms with E-state index in [-0.39, 0.29) is 0 Å². The van der Waals surface area contributed by atoms with Crippen LogP contribution in [0.4, 0.5) is 0 Å². The molecular formula is C27H46S. The molecule has 0 aromatic carbocycles. The first-order chi connectivity index (χ1) is 13.3. The Balaban J connectivity index is 1.48. The maximum atomic E-state index is 4.81. The summed E-state index contributed by atoms with van der Waals surface area (Å²) >= 11 is 4.81. The van der Waals surface area contributed by atoms with Crippen molar-refractivity contribution < 1.29 is 0 Å². The lowest BCUT2D eigenvalue weighted by Gasteiger charge is -2.59. The van der Waals surface area contributed by atoms with Crippen LogP contribution in [0.15, 0.2) is 11.6 Å². The van der Waals surface area contributed by atoms with Crippen LogP contribution in [0, 0.1) is 46.3 Å². The monoisotopic (exact) mass is 402 g/mol. The van der Waals surface area contributed by atoms with Gasteiger partial charge < -0.3 is 0 Å². The van der Waals surface area contributed by atoms with Gasteiger partial charge in [-0.2, -0.15) is 12.6 Å². The largest absolute Gasteiger partial charge is 0.172 e. The van der Waals surface area contributed by atoms with E-state index in [1.807, 2.05) is 0 Å². The summed E-state index contributed by atoms with van der Waals surface area (Å²) < 4.78 is 0. The fourth-order valence-corrected chi connectivity index (χ4v) is 9.04. The Labute approximate surface area is 181 Å². The number of fused-ring (bicyclic) bond motifs is 5. The van der Waals surface area contributed by atoms with Crippen LogP contribution in [0.2, 0.25) is 0 Å². The first kappa shape index (κ1) is 21.3. The summed E-state index contributed by atoms with van der Waals surface area (Å²) in [6.45, 7) is 12.7. The Hall–Kier alpha value is 0.0900. The molecule has 0 bridgehead atoms. The Bertz CT molecular complexity index is 591. The summed E-state index contributed by atoms with van der Waals surface area (Å²) in [5, 5.41) is 0.524. The van der Waals surface area contributed by atoms with Gasteiger partial charge in [-0.25, -0.2) is 0 Å². The molecule has 4 aliphatic rings. The first-order valence-corrected chi connectivity index (χ1v) is 13.2. The Kier molecular flexibility index (Phi) is 6.07. The highest BCUT2D eigenvalue weighted by Crippen LogP contribution is 2.67. The second-order valence-corrected chi connectivity index (χ2v) is 12.8. The molecule has 3 fully saturated rings. The van der Waals surface area contributed by atoms with Crippen molar-refractivity contribution in [3.8, 4) is 0 Å². The molecule has 160 valence electrons. The minimum atomic E-state index is 0.504. The molecule has 0 aromatic rings. The van der Waals surface area contributed by atoms with Crippen LogP contribution in [-0.2, 0) is 0 Å². The topological polar surface area (TPSA) is 0 Å². The molecule has 0 nitrogen and oxygen atoms in total. The Morgan fingerprint density at radius 3 is 2.50 bits per heavy atom. The number of thiol groups is 1. The third-order valence-electron chi connectivity index (χ3n) is 10.3. The molecule has 8 atom stereocenters. The zero-order chi connectivity index (χ0) is 20.1. The van der Waals surface area contributed by atoms with Crippen molar-refractivity contribution in [3.05, 3.63) is 11.6 Å². The number of hydrogen-bond donors (Lipinski definition) is 1. The third kappa shape index (κ3) is 3.54. The molecule has 0 aliphatic heterocycles. The summed E-state index contributed by atoms with van der Waals surface area (Å²) in [7, 11) is 0. The minimum absolute atomic E-state index is 0.504. The Morgan fingerprint density at radius 1 is 0.964 bits per heavy atom. The molecule has 0 radical (unpaired) electrons. The fourth-order valence-electron chi connectivity index (χ4n) is 8.73. The van der Waals surface area contributed by atoms with Crippen LogP contribution in [-0.4, -0.2) is 5.25 Å².